The second-order valence-electron chi connectivity index (χ2n) is 4.89. The predicted molar refractivity (Wildman–Crippen MR) is 74.2 cm³/mol. The number of piperidine rings is 1. The minimum absolute atomic E-state index is 0.0249. The molecule has 0 radical (unpaired) electrons. The van der Waals surface area contributed by atoms with Gasteiger partial charge in [-0.25, -0.2) is 0 Å². The molecule has 1 unspecified atom stereocenters. The van der Waals surface area contributed by atoms with Gasteiger partial charge >= 0.3 is 0 Å². The Balaban J connectivity index is 2.00. The molecule has 0 saturated carbocycles. The van der Waals surface area contributed by atoms with Gasteiger partial charge in [-0.05, 0) is 32.7 Å². The van der Waals surface area contributed by atoms with Crippen LogP contribution in [0.4, 0.5) is 0 Å². The van der Waals surface area contributed by atoms with Crippen molar-refractivity contribution in [2.45, 2.75) is 38.6 Å². The van der Waals surface area contributed by atoms with Gasteiger partial charge < -0.3 is 10.2 Å². The lowest BCUT2D eigenvalue weighted by Gasteiger charge is -2.33. The smallest absolute Gasteiger partial charge is 0.233 e. The highest BCUT2D eigenvalue weighted by molar-refractivity contribution is 5.77. The van der Waals surface area contributed by atoms with E-state index in [1.807, 2.05) is 0 Å². The molecule has 0 aliphatic carbocycles. The van der Waals surface area contributed by atoms with Crippen LogP contribution in [0.15, 0.2) is 0 Å². The molecular formula is C14H25N3O. The molecule has 1 amide bonds. The van der Waals surface area contributed by atoms with Gasteiger partial charge in [-0.2, -0.15) is 0 Å². The molecule has 1 saturated heterocycles. The zero-order valence-corrected chi connectivity index (χ0v) is 11.4. The third-order valence-electron chi connectivity index (χ3n) is 3.40. The van der Waals surface area contributed by atoms with Crippen molar-refractivity contribution in [2.75, 3.05) is 32.7 Å². The van der Waals surface area contributed by atoms with Gasteiger partial charge in [0.15, 0.2) is 0 Å². The highest BCUT2D eigenvalue weighted by Crippen LogP contribution is 2.15. The Morgan fingerprint density at radius 1 is 1.50 bits per heavy atom. The number of carbonyl (C=O) groups excluding carboxylic acids is 1. The lowest BCUT2D eigenvalue weighted by atomic mass is 10.0. The van der Waals surface area contributed by atoms with Gasteiger partial charge in [0.2, 0.25) is 5.91 Å². The van der Waals surface area contributed by atoms with Crippen LogP contribution < -0.4 is 10.6 Å². The van der Waals surface area contributed by atoms with Crippen molar-refractivity contribution in [2.24, 2.45) is 0 Å². The Morgan fingerprint density at radius 2 is 2.33 bits per heavy atom. The molecule has 0 spiro atoms. The minimum Gasteiger partial charge on any atom is -0.355 e. The Bertz CT molecular complexity index is 285. The van der Waals surface area contributed by atoms with Crippen LogP contribution in [0.3, 0.4) is 0 Å². The maximum atomic E-state index is 11.4. The van der Waals surface area contributed by atoms with Crippen LogP contribution >= 0.6 is 0 Å². The van der Waals surface area contributed by atoms with E-state index in [-0.39, 0.29) is 5.91 Å². The fraction of sp³-hybridized carbons (Fsp3) is 0.786. The van der Waals surface area contributed by atoms with E-state index in [2.05, 4.69) is 28.4 Å². The number of nitrogens with zero attached hydrogens (tertiary/aromatic N) is 1. The SMILES string of the molecule is C#CCNCC(=O)NCCCN1CCCCC1C. The molecule has 0 aromatic carbocycles. The van der Waals surface area contributed by atoms with Crippen molar-refractivity contribution in [3.05, 3.63) is 0 Å². The summed E-state index contributed by atoms with van der Waals surface area (Å²) in [6.45, 7) is 6.09. The van der Waals surface area contributed by atoms with Gasteiger partial charge in [0, 0.05) is 19.1 Å². The molecule has 4 heteroatoms. The summed E-state index contributed by atoms with van der Waals surface area (Å²) >= 11 is 0. The normalized spacial score (nSPS) is 20.3. The number of likely N-dealkylation sites (tertiary alicyclic amines) is 1. The van der Waals surface area contributed by atoms with Crippen molar-refractivity contribution in [3.8, 4) is 12.3 Å². The number of rotatable bonds is 7. The van der Waals surface area contributed by atoms with Gasteiger partial charge in [0.05, 0.1) is 13.1 Å². The summed E-state index contributed by atoms with van der Waals surface area (Å²) in [6.07, 6.45) is 10.1. The molecule has 1 atom stereocenters. The summed E-state index contributed by atoms with van der Waals surface area (Å²) < 4.78 is 0. The molecule has 4 nitrogen and oxygen atoms in total. The molecule has 1 rings (SSSR count). The Kier molecular flexibility index (Phi) is 7.47. The summed E-state index contributed by atoms with van der Waals surface area (Å²) in [5, 5.41) is 5.77. The van der Waals surface area contributed by atoms with E-state index in [4.69, 9.17) is 6.42 Å². The maximum Gasteiger partial charge on any atom is 0.233 e. The van der Waals surface area contributed by atoms with E-state index < -0.39 is 0 Å². The fourth-order valence-electron chi connectivity index (χ4n) is 2.31. The first-order valence-electron chi connectivity index (χ1n) is 6.89. The van der Waals surface area contributed by atoms with E-state index in [0.717, 1.165) is 19.5 Å². The first-order valence-corrected chi connectivity index (χ1v) is 6.89. The number of terminal acetylenes is 1. The van der Waals surface area contributed by atoms with Gasteiger partial charge in [-0.1, -0.05) is 12.3 Å². The second-order valence-corrected chi connectivity index (χ2v) is 4.89. The summed E-state index contributed by atoms with van der Waals surface area (Å²) in [4.78, 5) is 13.9. The third-order valence-corrected chi connectivity index (χ3v) is 3.40. The van der Waals surface area contributed by atoms with Crippen LogP contribution in [0.5, 0.6) is 0 Å². The summed E-state index contributed by atoms with van der Waals surface area (Å²) in [5.41, 5.74) is 0. The first kappa shape index (κ1) is 15.0. The van der Waals surface area contributed by atoms with Crippen LogP contribution in [-0.4, -0.2) is 49.6 Å². The monoisotopic (exact) mass is 251 g/mol. The van der Waals surface area contributed by atoms with Crippen molar-refractivity contribution < 1.29 is 4.79 Å². The molecule has 0 bridgehead atoms. The number of carbonyl (C=O) groups is 1. The van der Waals surface area contributed by atoms with Crippen molar-refractivity contribution in [1.82, 2.24) is 15.5 Å². The van der Waals surface area contributed by atoms with Gasteiger partial charge in [0.25, 0.3) is 0 Å². The molecule has 1 aliphatic heterocycles. The van der Waals surface area contributed by atoms with E-state index in [1.165, 1.54) is 25.8 Å². The van der Waals surface area contributed by atoms with E-state index in [0.29, 0.717) is 19.1 Å². The molecule has 2 N–H and O–H groups in total. The number of hydrogen-bond donors (Lipinski definition) is 2. The molecular weight excluding hydrogens is 226 g/mol. The Hall–Kier alpha value is -1.05. The van der Waals surface area contributed by atoms with Crippen LogP contribution in [-0.2, 0) is 4.79 Å². The second kappa shape index (κ2) is 8.96. The zero-order chi connectivity index (χ0) is 13.2. The fourth-order valence-corrected chi connectivity index (χ4v) is 2.31. The van der Waals surface area contributed by atoms with E-state index >= 15 is 0 Å². The van der Waals surface area contributed by atoms with Crippen LogP contribution in [0, 0.1) is 12.3 Å². The molecule has 0 aromatic rings. The first-order chi connectivity index (χ1) is 8.74. The highest BCUT2D eigenvalue weighted by Gasteiger charge is 2.17. The van der Waals surface area contributed by atoms with E-state index in [1.54, 1.807) is 0 Å². The predicted octanol–water partition coefficient (Wildman–Crippen LogP) is 0.590. The molecule has 18 heavy (non-hydrogen) atoms. The highest BCUT2D eigenvalue weighted by atomic mass is 16.1. The van der Waals surface area contributed by atoms with Crippen LogP contribution in [0.1, 0.15) is 32.6 Å². The third kappa shape index (κ3) is 6.04. The van der Waals surface area contributed by atoms with Crippen LogP contribution in [0.25, 0.3) is 0 Å². The minimum atomic E-state index is 0.0249. The lowest BCUT2D eigenvalue weighted by molar-refractivity contribution is -0.120. The molecule has 1 fully saturated rings. The average molecular weight is 251 g/mol. The Morgan fingerprint density at radius 3 is 3.06 bits per heavy atom. The summed E-state index contributed by atoms with van der Waals surface area (Å²) in [7, 11) is 0. The molecule has 0 aromatic heterocycles. The standard InChI is InChI=1S/C14H25N3O/c1-3-8-15-12-14(18)16-9-6-11-17-10-5-4-7-13(17)2/h1,13,15H,4-12H2,2H3,(H,16,18). The number of amides is 1. The molecule has 102 valence electrons. The largest absolute Gasteiger partial charge is 0.355 e. The van der Waals surface area contributed by atoms with Gasteiger partial charge in [-0.15, -0.1) is 6.42 Å². The Labute approximate surface area is 110 Å². The van der Waals surface area contributed by atoms with Crippen molar-refractivity contribution >= 4 is 5.91 Å². The average Bonchev–Trinajstić information content (AvgIpc) is 2.37. The summed E-state index contributed by atoms with van der Waals surface area (Å²) in [6, 6.07) is 0.701. The van der Waals surface area contributed by atoms with Crippen molar-refractivity contribution in [1.29, 1.82) is 0 Å². The van der Waals surface area contributed by atoms with Gasteiger partial charge in [-0.3, -0.25) is 10.1 Å². The van der Waals surface area contributed by atoms with Gasteiger partial charge in [0.1, 0.15) is 0 Å². The van der Waals surface area contributed by atoms with E-state index in [9.17, 15) is 4.79 Å². The quantitative estimate of drug-likeness (QED) is 0.514. The topological polar surface area (TPSA) is 44.4 Å². The summed E-state index contributed by atoms with van der Waals surface area (Å²) in [5.74, 6) is 2.47. The number of nitrogens with one attached hydrogen (secondary N) is 2. The maximum absolute atomic E-state index is 11.4. The zero-order valence-electron chi connectivity index (χ0n) is 11.4. The molecule has 1 aliphatic rings. The van der Waals surface area contributed by atoms with Crippen LogP contribution in [0.2, 0.25) is 0 Å². The number of hydrogen-bond acceptors (Lipinski definition) is 3. The molecule has 1 heterocycles. The lowest BCUT2D eigenvalue weighted by Crippen LogP contribution is -2.40. The van der Waals surface area contributed by atoms with Crippen molar-refractivity contribution in [3.63, 3.8) is 0 Å².